The molecule has 6 nitrogen and oxygen atoms in total. The third-order valence-electron chi connectivity index (χ3n) is 3.86. The highest BCUT2D eigenvalue weighted by atomic mass is 16.5. The molecule has 0 spiro atoms. The minimum atomic E-state index is -0.920. The number of aromatic nitrogens is 1. The number of methoxy groups -OCH3 is 1. The number of ether oxygens (including phenoxy) is 1. The molecule has 0 bridgehead atoms. The first-order chi connectivity index (χ1) is 12.7. The van der Waals surface area contributed by atoms with Gasteiger partial charge in [0.25, 0.3) is 5.91 Å². The molecule has 0 aliphatic rings. The predicted octanol–water partition coefficient (Wildman–Crippen LogP) is 2.91. The van der Waals surface area contributed by atoms with Gasteiger partial charge in [-0.25, -0.2) is 4.79 Å². The van der Waals surface area contributed by atoms with Gasteiger partial charge in [-0.3, -0.25) is 4.79 Å². The molecule has 3 aromatic rings. The molecular formula is C20H18N2O4. The molecular weight excluding hydrogens is 332 g/mol. The number of benzene rings is 2. The van der Waals surface area contributed by atoms with Crippen LogP contribution in [0.2, 0.25) is 0 Å². The Morgan fingerprint density at radius 1 is 1.08 bits per heavy atom. The number of nitrogens with zero attached hydrogens (tertiary/aromatic N) is 1. The van der Waals surface area contributed by atoms with Crippen molar-refractivity contribution in [2.75, 3.05) is 7.11 Å². The summed E-state index contributed by atoms with van der Waals surface area (Å²) < 4.78 is 9.92. The number of hydrogen-bond acceptors (Lipinski definition) is 5. The topological polar surface area (TPSA) is 81.4 Å². The van der Waals surface area contributed by atoms with Gasteiger partial charge >= 0.3 is 5.97 Å². The number of carbonyl (C=O) groups excluding carboxylic acids is 2. The van der Waals surface area contributed by atoms with Gasteiger partial charge in [0.05, 0.1) is 12.8 Å². The summed E-state index contributed by atoms with van der Waals surface area (Å²) in [4.78, 5) is 24.5. The smallest absolute Gasteiger partial charge is 0.333 e. The highest BCUT2D eigenvalue weighted by Crippen LogP contribution is 2.16. The maximum Gasteiger partial charge on any atom is 0.333 e. The van der Waals surface area contributed by atoms with Crippen LogP contribution < -0.4 is 5.32 Å². The number of rotatable bonds is 6. The van der Waals surface area contributed by atoms with Crippen molar-refractivity contribution in [3.8, 4) is 0 Å². The molecule has 0 aliphatic carbocycles. The zero-order valence-electron chi connectivity index (χ0n) is 14.2. The number of esters is 1. The third-order valence-corrected chi connectivity index (χ3v) is 3.86. The number of carbonyl (C=O) groups is 2. The van der Waals surface area contributed by atoms with Crippen LogP contribution in [0.3, 0.4) is 0 Å². The molecule has 0 unspecified atom stereocenters. The second-order valence-electron chi connectivity index (χ2n) is 5.69. The molecule has 1 atom stereocenters. The first kappa shape index (κ1) is 17.4. The molecule has 0 aliphatic heterocycles. The van der Waals surface area contributed by atoms with E-state index in [9.17, 15) is 9.59 Å². The summed E-state index contributed by atoms with van der Waals surface area (Å²) in [5.74, 6) is -1.05. The minimum Gasteiger partial charge on any atom is -0.467 e. The van der Waals surface area contributed by atoms with Crippen LogP contribution in [0.15, 0.2) is 71.3 Å². The standard InChI is InChI=1S/C20H18N2O4/c1-25-20(24)18(15-10-6-3-7-11-15)21-19(23)17-13-16(22-26-17)12-14-8-4-2-5-9-14/h2-11,13,18H,12H2,1H3,(H,21,23)/t18-/m0/s1. The molecule has 1 aromatic heterocycles. The van der Waals surface area contributed by atoms with Gasteiger partial charge in [-0.1, -0.05) is 65.8 Å². The van der Waals surface area contributed by atoms with Crippen molar-refractivity contribution in [2.24, 2.45) is 0 Å². The van der Waals surface area contributed by atoms with Crippen LogP contribution in [0.25, 0.3) is 0 Å². The van der Waals surface area contributed by atoms with Crippen molar-refractivity contribution in [3.63, 3.8) is 0 Å². The summed E-state index contributed by atoms with van der Waals surface area (Å²) in [7, 11) is 1.27. The second kappa shape index (κ2) is 8.11. The van der Waals surface area contributed by atoms with Crippen molar-refractivity contribution in [2.45, 2.75) is 12.5 Å². The highest BCUT2D eigenvalue weighted by Gasteiger charge is 2.25. The highest BCUT2D eigenvalue weighted by molar-refractivity contribution is 5.94. The van der Waals surface area contributed by atoms with Gasteiger partial charge < -0.3 is 14.6 Å². The monoisotopic (exact) mass is 350 g/mol. The Balaban J connectivity index is 1.73. The molecule has 3 rings (SSSR count). The molecule has 1 amide bonds. The zero-order chi connectivity index (χ0) is 18.4. The molecule has 0 radical (unpaired) electrons. The Morgan fingerprint density at radius 2 is 1.73 bits per heavy atom. The lowest BCUT2D eigenvalue weighted by Gasteiger charge is -2.15. The molecule has 132 valence electrons. The summed E-state index contributed by atoms with van der Waals surface area (Å²) in [5, 5.41) is 6.56. The van der Waals surface area contributed by atoms with E-state index in [2.05, 4.69) is 10.5 Å². The van der Waals surface area contributed by atoms with Crippen LogP contribution in [-0.2, 0) is 16.0 Å². The molecule has 0 saturated heterocycles. The SMILES string of the molecule is COC(=O)[C@@H](NC(=O)c1cc(Cc2ccccc2)no1)c1ccccc1. The van der Waals surface area contributed by atoms with Crippen LogP contribution in [0.4, 0.5) is 0 Å². The maximum absolute atomic E-state index is 12.5. The first-order valence-electron chi connectivity index (χ1n) is 8.10. The van der Waals surface area contributed by atoms with Crippen molar-refractivity contribution < 1.29 is 18.8 Å². The Labute approximate surface area is 150 Å². The van der Waals surface area contributed by atoms with Gasteiger partial charge in [-0.2, -0.15) is 0 Å². The lowest BCUT2D eigenvalue weighted by Crippen LogP contribution is -2.34. The molecule has 0 fully saturated rings. The number of amides is 1. The Morgan fingerprint density at radius 3 is 2.38 bits per heavy atom. The summed E-state index contributed by atoms with van der Waals surface area (Å²) >= 11 is 0. The van der Waals surface area contributed by atoms with Gasteiger partial charge in [0.2, 0.25) is 5.76 Å². The van der Waals surface area contributed by atoms with Gasteiger partial charge in [-0.05, 0) is 11.1 Å². The average Bonchev–Trinajstić information content (AvgIpc) is 3.15. The summed E-state index contributed by atoms with van der Waals surface area (Å²) in [6.45, 7) is 0. The second-order valence-corrected chi connectivity index (χ2v) is 5.69. The minimum absolute atomic E-state index is 0.0424. The fourth-order valence-electron chi connectivity index (χ4n) is 2.55. The van der Waals surface area contributed by atoms with E-state index in [-0.39, 0.29) is 5.76 Å². The molecule has 26 heavy (non-hydrogen) atoms. The van der Waals surface area contributed by atoms with E-state index >= 15 is 0 Å². The predicted molar refractivity (Wildman–Crippen MR) is 94.4 cm³/mol. The lowest BCUT2D eigenvalue weighted by atomic mass is 10.1. The largest absolute Gasteiger partial charge is 0.467 e. The van der Waals surface area contributed by atoms with Crippen molar-refractivity contribution in [1.29, 1.82) is 0 Å². The van der Waals surface area contributed by atoms with E-state index in [1.165, 1.54) is 7.11 Å². The number of nitrogens with one attached hydrogen (secondary N) is 1. The fraction of sp³-hybridized carbons (Fsp3) is 0.150. The van der Waals surface area contributed by atoms with Gasteiger partial charge in [0.1, 0.15) is 0 Å². The van der Waals surface area contributed by atoms with E-state index in [1.54, 1.807) is 30.3 Å². The Bertz CT molecular complexity index is 875. The van der Waals surface area contributed by atoms with Gasteiger partial charge in [0.15, 0.2) is 6.04 Å². The quantitative estimate of drug-likeness (QED) is 0.691. The van der Waals surface area contributed by atoms with E-state index in [0.29, 0.717) is 17.7 Å². The van der Waals surface area contributed by atoms with Gasteiger partial charge in [0, 0.05) is 12.5 Å². The van der Waals surface area contributed by atoms with Crippen LogP contribution >= 0.6 is 0 Å². The van der Waals surface area contributed by atoms with Crippen molar-refractivity contribution >= 4 is 11.9 Å². The first-order valence-corrected chi connectivity index (χ1v) is 8.10. The summed E-state index contributed by atoms with van der Waals surface area (Å²) in [6.07, 6.45) is 0.552. The van der Waals surface area contributed by atoms with Crippen LogP contribution in [0.1, 0.15) is 33.4 Å². The Kier molecular flexibility index (Phi) is 5.43. The van der Waals surface area contributed by atoms with Crippen LogP contribution in [-0.4, -0.2) is 24.1 Å². The van der Waals surface area contributed by atoms with Crippen molar-refractivity contribution in [1.82, 2.24) is 10.5 Å². The van der Waals surface area contributed by atoms with Crippen molar-refractivity contribution in [3.05, 3.63) is 89.3 Å². The number of hydrogen-bond donors (Lipinski definition) is 1. The zero-order valence-corrected chi connectivity index (χ0v) is 14.2. The normalized spacial score (nSPS) is 11.6. The average molecular weight is 350 g/mol. The van der Waals surface area contributed by atoms with Crippen LogP contribution in [0, 0.1) is 0 Å². The van der Waals surface area contributed by atoms with E-state index < -0.39 is 17.9 Å². The summed E-state index contributed by atoms with van der Waals surface area (Å²) in [5.41, 5.74) is 2.32. The van der Waals surface area contributed by atoms with E-state index in [1.807, 2.05) is 36.4 Å². The molecule has 2 aromatic carbocycles. The lowest BCUT2D eigenvalue weighted by molar-refractivity contribution is -0.143. The Hall–Kier alpha value is -3.41. The molecule has 0 saturated carbocycles. The maximum atomic E-state index is 12.5. The molecule has 6 heteroatoms. The fourth-order valence-corrected chi connectivity index (χ4v) is 2.55. The molecule has 1 heterocycles. The van der Waals surface area contributed by atoms with Gasteiger partial charge in [-0.15, -0.1) is 0 Å². The van der Waals surface area contributed by atoms with E-state index in [0.717, 1.165) is 5.56 Å². The molecule has 1 N–H and O–H groups in total. The third kappa shape index (κ3) is 4.16. The van der Waals surface area contributed by atoms with E-state index in [4.69, 9.17) is 9.26 Å². The van der Waals surface area contributed by atoms with Crippen LogP contribution in [0.5, 0.6) is 0 Å². The summed E-state index contributed by atoms with van der Waals surface area (Å²) in [6, 6.07) is 19.3.